The summed E-state index contributed by atoms with van der Waals surface area (Å²) in [5.41, 5.74) is 1.08. The summed E-state index contributed by atoms with van der Waals surface area (Å²) in [5, 5.41) is 3.82. The van der Waals surface area contributed by atoms with Crippen LogP contribution in [0.1, 0.15) is 28.1 Å². The van der Waals surface area contributed by atoms with Crippen LogP contribution in [0.3, 0.4) is 0 Å². The van der Waals surface area contributed by atoms with Crippen molar-refractivity contribution in [1.29, 1.82) is 0 Å². The zero-order valence-electron chi connectivity index (χ0n) is 13.5. The van der Waals surface area contributed by atoms with Gasteiger partial charge in [-0.2, -0.15) is 13.2 Å². The van der Waals surface area contributed by atoms with E-state index in [1.54, 1.807) is 20.9 Å². The highest BCUT2D eigenvalue weighted by molar-refractivity contribution is 5.91. The van der Waals surface area contributed by atoms with Crippen LogP contribution in [0.25, 0.3) is 6.08 Å². The fourth-order valence-corrected chi connectivity index (χ4v) is 2.16. The number of carbonyl (C=O) groups excluding carboxylic acids is 1. The van der Waals surface area contributed by atoms with Crippen molar-refractivity contribution in [2.24, 2.45) is 0 Å². The SMILES string of the molecule is Cc1noc(C)c1CN(C)C(=O)/C=C/c1cccc(C(F)(F)F)c1. The first-order valence-electron chi connectivity index (χ1n) is 7.20. The highest BCUT2D eigenvalue weighted by Gasteiger charge is 2.30. The Morgan fingerprint density at radius 3 is 2.62 bits per heavy atom. The van der Waals surface area contributed by atoms with Gasteiger partial charge in [-0.3, -0.25) is 4.79 Å². The maximum Gasteiger partial charge on any atom is 0.416 e. The standard InChI is InChI=1S/C17H17F3N2O2/c1-11-15(12(2)24-21-11)10-22(3)16(23)8-7-13-5-4-6-14(9-13)17(18,19)20/h4-9H,10H2,1-3H3/b8-7+. The van der Waals surface area contributed by atoms with E-state index < -0.39 is 11.7 Å². The lowest BCUT2D eigenvalue weighted by Crippen LogP contribution is -2.24. The lowest BCUT2D eigenvalue weighted by atomic mass is 10.1. The second-order valence-corrected chi connectivity index (χ2v) is 5.45. The molecule has 128 valence electrons. The number of likely N-dealkylation sites (N-methyl/N-ethyl adjacent to an activating group) is 1. The number of hydrogen-bond acceptors (Lipinski definition) is 3. The number of carbonyl (C=O) groups is 1. The molecule has 2 aromatic rings. The molecule has 1 aromatic heterocycles. The Balaban J connectivity index is 2.07. The number of benzene rings is 1. The number of aromatic nitrogens is 1. The molecule has 2 rings (SSSR count). The summed E-state index contributed by atoms with van der Waals surface area (Å²) in [4.78, 5) is 13.6. The predicted octanol–water partition coefficient (Wildman–Crippen LogP) is 3.98. The molecular weight excluding hydrogens is 321 g/mol. The van der Waals surface area contributed by atoms with Crippen LogP contribution < -0.4 is 0 Å². The van der Waals surface area contributed by atoms with Crippen LogP contribution in [0.15, 0.2) is 34.9 Å². The summed E-state index contributed by atoms with van der Waals surface area (Å²) in [5.74, 6) is 0.307. The van der Waals surface area contributed by atoms with Gasteiger partial charge in [-0.1, -0.05) is 17.3 Å². The van der Waals surface area contributed by atoms with Crippen molar-refractivity contribution in [2.45, 2.75) is 26.6 Å². The number of halogens is 3. The van der Waals surface area contributed by atoms with Gasteiger partial charge in [-0.15, -0.1) is 0 Å². The van der Waals surface area contributed by atoms with Crippen molar-refractivity contribution < 1.29 is 22.5 Å². The van der Waals surface area contributed by atoms with Crippen molar-refractivity contribution in [1.82, 2.24) is 10.1 Å². The Kier molecular flexibility index (Phi) is 5.11. The zero-order chi connectivity index (χ0) is 17.9. The molecule has 4 nitrogen and oxygen atoms in total. The fraction of sp³-hybridized carbons (Fsp3) is 0.294. The van der Waals surface area contributed by atoms with Crippen LogP contribution in [-0.4, -0.2) is 23.0 Å². The number of nitrogens with zero attached hydrogens (tertiary/aromatic N) is 2. The first kappa shape index (κ1) is 17.8. The lowest BCUT2D eigenvalue weighted by molar-refractivity contribution is -0.137. The van der Waals surface area contributed by atoms with E-state index in [1.165, 1.54) is 29.2 Å². The molecule has 0 unspecified atom stereocenters. The third kappa shape index (κ3) is 4.24. The van der Waals surface area contributed by atoms with Crippen LogP contribution in [0.4, 0.5) is 13.2 Å². The minimum Gasteiger partial charge on any atom is -0.361 e. The Morgan fingerprint density at radius 2 is 2.04 bits per heavy atom. The van der Waals surface area contributed by atoms with E-state index in [0.717, 1.165) is 17.7 Å². The molecule has 0 bridgehead atoms. The van der Waals surface area contributed by atoms with Crippen molar-refractivity contribution in [3.8, 4) is 0 Å². The van der Waals surface area contributed by atoms with E-state index in [-0.39, 0.29) is 5.91 Å². The molecule has 0 atom stereocenters. The predicted molar refractivity (Wildman–Crippen MR) is 82.9 cm³/mol. The monoisotopic (exact) mass is 338 g/mol. The smallest absolute Gasteiger partial charge is 0.361 e. The van der Waals surface area contributed by atoms with Crippen LogP contribution in [0.5, 0.6) is 0 Å². The van der Waals surface area contributed by atoms with Crippen LogP contribution in [0, 0.1) is 13.8 Å². The van der Waals surface area contributed by atoms with Gasteiger partial charge in [0.05, 0.1) is 17.8 Å². The molecule has 0 radical (unpaired) electrons. The summed E-state index contributed by atoms with van der Waals surface area (Å²) in [6.45, 7) is 3.85. The van der Waals surface area contributed by atoms with Crippen LogP contribution in [-0.2, 0) is 17.5 Å². The van der Waals surface area contributed by atoms with Crippen LogP contribution >= 0.6 is 0 Å². The summed E-state index contributed by atoms with van der Waals surface area (Å²) in [6.07, 6.45) is -1.80. The summed E-state index contributed by atoms with van der Waals surface area (Å²) >= 11 is 0. The largest absolute Gasteiger partial charge is 0.416 e. The van der Waals surface area contributed by atoms with Crippen molar-refractivity contribution in [3.05, 3.63) is 58.5 Å². The number of aryl methyl sites for hydroxylation is 2. The number of alkyl halides is 3. The molecule has 7 heteroatoms. The lowest BCUT2D eigenvalue weighted by Gasteiger charge is -2.14. The van der Waals surface area contributed by atoms with Crippen LogP contribution in [0.2, 0.25) is 0 Å². The average Bonchev–Trinajstić information content (AvgIpc) is 2.84. The quantitative estimate of drug-likeness (QED) is 0.792. The summed E-state index contributed by atoms with van der Waals surface area (Å²) < 4.78 is 43.0. The molecule has 24 heavy (non-hydrogen) atoms. The average molecular weight is 338 g/mol. The van der Waals surface area contributed by atoms with E-state index in [4.69, 9.17) is 4.52 Å². The maximum atomic E-state index is 12.7. The van der Waals surface area contributed by atoms with Gasteiger partial charge in [-0.25, -0.2) is 0 Å². The van der Waals surface area contributed by atoms with Gasteiger partial charge in [0.25, 0.3) is 0 Å². The fourth-order valence-electron chi connectivity index (χ4n) is 2.16. The minimum atomic E-state index is -4.41. The topological polar surface area (TPSA) is 46.3 Å². The second-order valence-electron chi connectivity index (χ2n) is 5.45. The summed E-state index contributed by atoms with van der Waals surface area (Å²) in [7, 11) is 1.60. The Bertz CT molecular complexity index is 744. The number of hydrogen-bond donors (Lipinski definition) is 0. The minimum absolute atomic E-state index is 0.309. The van der Waals surface area contributed by atoms with Gasteiger partial charge in [-0.05, 0) is 37.6 Å². The first-order chi connectivity index (χ1) is 11.2. The number of rotatable bonds is 4. The second kappa shape index (κ2) is 6.90. The highest BCUT2D eigenvalue weighted by Crippen LogP contribution is 2.29. The molecule has 0 spiro atoms. The van der Waals surface area contributed by atoms with Gasteiger partial charge in [0.15, 0.2) is 0 Å². The Labute approximate surface area is 137 Å². The molecule has 0 aliphatic rings. The van der Waals surface area contributed by atoms with E-state index in [2.05, 4.69) is 5.16 Å². The normalized spacial score (nSPS) is 11.9. The van der Waals surface area contributed by atoms with Crippen molar-refractivity contribution >= 4 is 12.0 Å². The molecule has 0 aliphatic carbocycles. The zero-order valence-corrected chi connectivity index (χ0v) is 13.5. The van der Waals surface area contributed by atoms with Crippen molar-refractivity contribution in [2.75, 3.05) is 7.05 Å². The molecule has 0 N–H and O–H groups in total. The molecule has 0 saturated heterocycles. The number of amides is 1. The first-order valence-corrected chi connectivity index (χ1v) is 7.20. The van der Waals surface area contributed by atoms with Gasteiger partial charge in [0.1, 0.15) is 5.76 Å². The van der Waals surface area contributed by atoms with Gasteiger partial charge < -0.3 is 9.42 Å². The van der Waals surface area contributed by atoms with E-state index >= 15 is 0 Å². The van der Waals surface area contributed by atoms with Gasteiger partial charge >= 0.3 is 6.18 Å². The van der Waals surface area contributed by atoms with Crippen molar-refractivity contribution in [3.63, 3.8) is 0 Å². The third-order valence-corrected chi connectivity index (χ3v) is 3.59. The third-order valence-electron chi connectivity index (χ3n) is 3.59. The molecular formula is C17H17F3N2O2. The van der Waals surface area contributed by atoms with E-state index in [9.17, 15) is 18.0 Å². The Morgan fingerprint density at radius 1 is 1.33 bits per heavy atom. The summed E-state index contributed by atoms with van der Waals surface area (Å²) in [6, 6.07) is 4.80. The molecule has 0 fully saturated rings. The molecule has 1 heterocycles. The molecule has 1 aromatic carbocycles. The van der Waals surface area contributed by atoms with E-state index in [1.807, 2.05) is 0 Å². The van der Waals surface area contributed by atoms with E-state index in [0.29, 0.717) is 23.6 Å². The molecule has 1 amide bonds. The molecule has 0 aliphatic heterocycles. The highest BCUT2D eigenvalue weighted by atomic mass is 19.4. The van der Waals surface area contributed by atoms with Gasteiger partial charge in [0, 0.05) is 18.7 Å². The van der Waals surface area contributed by atoms with Gasteiger partial charge in [0.2, 0.25) is 5.91 Å². The Hall–Kier alpha value is -2.57. The molecule has 0 saturated carbocycles. The maximum absolute atomic E-state index is 12.7.